The average molecular weight is 815 g/mol. The van der Waals surface area contributed by atoms with Crippen LogP contribution in [-0.4, -0.2) is 0 Å². The van der Waals surface area contributed by atoms with E-state index in [2.05, 4.69) is 0 Å². The van der Waals surface area contributed by atoms with Crippen LogP contribution >= 0.6 is 0 Å². The summed E-state index contributed by atoms with van der Waals surface area (Å²) in [4.78, 5) is 0.653. The molecule has 0 saturated carbocycles. The van der Waals surface area contributed by atoms with Crippen LogP contribution in [0.4, 0.5) is 17.1 Å². The molecular weight excluding hydrogens is 735 g/mol. The summed E-state index contributed by atoms with van der Waals surface area (Å²) < 4.78 is 322. The molecule has 0 aliphatic heterocycles. The maximum absolute atomic E-state index is 10.3. The molecule has 0 fully saturated rings. The van der Waals surface area contributed by atoms with E-state index in [1.54, 1.807) is 0 Å². The highest BCUT2D eigenvalue weighted by molar-refractivity contribution is 6.15. The fraction of sp³-hybridized carbons (Fsp3) is 0.100. The minimum Gasteiger partial charge on any atom is -0.310 e. The third kappa shape index (κ3) is 5.20. The molecule has 0 unspecified atom stereocenters. The van der Waals surface area contributed by atoms with Crippen LogP contribution in [0.5, 0.6) is 0 Å². The van der Waals surface area contributed by atoms with E-state index >= 15 is 0 Å². The summed E-state index contributed by atoms with van der Waals surface area (Å²) in [5.41, 5.74) is -17.1. The Morgan fingerprint density at radius 3 is 2.03 bits per heavy atom. The summed E-state index contributed by atoms with van der Waals surface area (Å²) >= 11 is 0. The number of hydrogen-bond donors (Lipinski definition) is 0. The maximum Gasteiger partial charge on any atom is 0.0652 e. The summed E-state index contributed by atoms with van der Waals surface area (Å²) in [5, 5.41) is -2.57. The van der Waals surface area contributed by atoms with Gasteiger partial charge in [-0.05, 0) is 124 Å². The van der Waals surface area contributed by atoms with Crippen molar-refractivity contribution in [2.45, 2.75) is 38.2 Å². The van der Waals surface area contributed by atoms with Crippen molar-refractivity contribution in [1.29, 1.82) is 0 Å². The van der Waals surface area contributed by atoms with Gasteiger partial charge in [0.25, 0.3) is 0 Å². The van der Waals surface area contributed by atoms with Gasteiger partial charge in [-0.15, -0.1) is 0 Å². The van der Waals surface area contributed by atoms with Crippen molar-refractivity contribution in [1.82, 2.24) is 0 Å². The predicted molar refractivity (Wildman–Crippen MR) is 260 cm³/mol. The first kappa shape index (κ1) is 15.0. The van der Waals surface area contributed by atoms with Crippen molar-refractivity contribution in [3.63, 3.8) is 0 Å². The number of benzene rings is 10. The Bertz CT molecular complexity index is 5200. The fourth-order valence-corrected chi connectivity index (χ4v) is 8.46. The zero-order chi connectivity index (χ0) is 71.1. The normalized spacial score (nSPS) is 23.2. The van der Waals surface area contributed by atoms with Gasteiger partial charge in [-0.1, -0.05) is 197 Å². The van der Waals surface area contributed by atoms with Gasteiger partial charge in [0.1, 0.15) is 0 Å². The minimum atomic E-state index is -3.94. The van der Waals surface area contributed by atoms with Gasteiger partial charge in [0, 0.05) is 44.0 Å². The van der Waals surface area contributed by atoms with Crippen LogP contribution in [0.3, 0.4) is 0 Å². The molecule has 0 bridgehead atoms. The topological polar surface area (TPSA) is 3.24 Å². The molecule has 1 nitrogen and oxygen atoms in total. The highest BCUT2D eigenvalue weighted by atomic mass is 15.1. The van der Waals surface area contributed by atoms with E-state index in [9.17, 15) is 15.1 Å². The van der Waals surface area contributed by atoms with E-state index in [0.717, 1.165) is 48.5 Å². The molecule has 290 valence electrons. The lowest BCUT2D eigenvalue weighted by Gasteiger charge is -2.30. The highest BCUT2D eigenvalue weighted by Crippen LogP contribution is 2.55. The van der Waals surface area contributed by atoms with Gasteiger partial charge in [-0.2, -0.15) is 0 Å². The van der Waals surface area contributed by atoms with Gasteiger partial charge in [0.05, 0.1) is 37.2 Å². The predicted octanol–water partition coefficient (Wildman–Crippen LogP) is 16.6. The van der Waals surface area contributed by atoms with Gasteiger partial charge in [-0.3, -0.25) is 0 Å². The molecule has 0 N–H and O–H groups in total. The average Bonchev–Trinajstić information content (AvgIpc) is 1.50. The standard InChI is InChI=1S/C60H45N/c1-59(2)53-26-14-12-23-50(53)58-51(24-15-27-54(58)59)57-44-19-8-5-16-38(44)30-34-45(57)39-28-31-41(32-29-39)61(56-36-40-17-6-7-18-43(40)46-20-9-10-22-49(46)56)42-33-35-48-47-21-11-13-25-52(47)60(3,4)55(48)37-42/h5-37H,1-4H3/i1D3,2D3,3D3,4D3,5D,6D,7D,9D,11D,12D,13D,14D,16D,17D,18D,20D,21D,25D,26D,27D,28D,30D,31D,32D,35D,36D,37D. The number of rotatable bonds is 5. The monoisotopic (exact) mass is 815 g/mol. The fourth-order valence-electron chi connectivity index (χ4n) is 8.46. The van der Waals surface area contributed by atoms with Crippen molar-refractivity contribution in [2.75, 3.05) is 4.90 Å². The Kier molecular flexibility index (Phi) is 3.24. The lowest BCUT2D eigenvalue weighted by molar-refractivity contribution is 0.660. The zero-order valence-corrected chi connectivity index (χ0v) is 31.2. The Hall–Kier alpha value is -7.22. The summed E-state index contributed by atoms with van der Waals surface area (Å²) in [7, 11) is 0. The molecule has 0 aromatic heterocycles. The summed E-state index contributed by atoms with van der Waals surface area (Å²) in [6, 6.07) is -9.88. The summed E-state index contributed by atoms with van der Waals surface area (Å²) in [6.07, 6.45) is 0. The first-order valence-electron chi connectivity index (χ1n) is 36.2. The lowest BCUT2D eigenvalue weighted by atomic mass is 9.81. The maximum atomic E-state index is 10.3. The molecule has 10 aromatic carbocycles. The van der Waals surface area contributed by atoms with Crippen molar-refractivity contribution < 1.29 is 48.0 Å². The first-order valence-corrected chi connectivity index (χ1v) is 18.7. The van der Waals surface area contributed by atoms with Crippen LogP contribution in [-0.2, 0) is 10.8 Å². The number of hydrogen-bond acceptors (Lipinski definition) is 1. The molecule has 12 rings (SSSR count). The number of nitrogens with zero attached hydrogens (tertiary/aromatic N) is 1. The number of anilines is 3. The SMILES string of the molecule is [2H]c1cc2c(c([2H])c1[2H])C(C([2H])([2H])[2H])(C([2H])([2H])[2H])c1c([2H])ccc(-c3c(-c4cc([2H])c(N(c5cc([2H])c6c(c5[2H])C(C([2H])([2H])[2H])(C([2H])([2H])[2H])c5c([2H])c([2H])c([2H])c([2H])c5-6)c5c([2H])c6c([2H])c([2H])c([2H])c([2H])c6c6c([2H])c([2H])ccc56)c([2H])c4[2H])cc([2H])c4c([2H])c([2H])ccc34)c1-2. The molecule has 0 heterocycles. The summed E-state index contributed by atoms with van der Waals surface area (Å²) in [5.74, 6) is 0. The van der Waals surface area contributed by atoms with Gasteiger partial charge < -0.3 is 4.90 Å². The van der Waals surface area contributed by atoms with Gasteiger partial charge in [0.2, 0.25) is 0 Å². The summed E-state index contributed by atoms with van der Waals surface area (Å²) in [6.45, 7) is -15.2. The van der Waals surface area contributed by atoms with Gasteiger partial charge in [-0.25, -0.2) is 0 Å². The van der Waals surface area contributed by atoms with Crippen molar-refractivity contribution in [3.05, 3.63) is 222 Å². The minimum absolute atomic E-state index is 0.154. The highest BCUT2D eigenvalue weighted by Gasteiger charge is 2.38. The van der Waals surface area contributed by atoms with Gasteiger partial charge in [0.15, 0.2) is 0 Å². The quantitative estimate of drug-likeness (QED) is 0.156. The Balaban J connectivity index is 1.28. The third-order valence-electron chi connectivity index (χ3n) is 11.2. The van der Waals surface area contributed by atoms with Crippen molar-refractivity contribution in [2.24, 2.45) is 0 Å². The lowest BCUT2D eigenvalue weighted by Crippen LogP contribution is -2.16. The van der Waals surface area contributed by atoms with Crippen LogP contribution in [0.1, 0.15) is 97.6 Å². The molecule has 2 aliphatic carbocycles. The Labute approximate surface area is 407 Å². The van der Waals surface area contributed by atoms with Crippen LogP contribution in [0.25, 0.3) is 76.8 Å². The molecule has 0 atom stereocenters. The Morgan fingerprint density at radius 2 is 1.13 bits per heavy atom. The largest absolute Gasteiger partial charge is 0.310 e. The molecule has 0 amide bonds. The van der Waals surface area contributed by atoms with Crippen LogP contribution < -0.4 is 4.90 Å². The second-order valence-corrected chi connectivity index (χ2v) is 14.5. The molecule has 0 spiro atoms. The van der Waals surface area contributed by atoms with E-state index in [-0.39, 0.29) is 27.5 Å². The van der Waals surface area contributed by atoms with Gasteiger partial charge >= 0.3 is 0 Å². The van der Waals surface area contributed by atoms with Crippen molar-refractivity contribution in [3.8, 4) is 44.5 Å². The molecule has 1 heteroatoms. The Morgan fingerprint density at radius 1 is 0.393 bits per heavy atom. The second kappa shape index (κ2) is 13.1. The zero-order valence-electron chi connectivity index (χ0n) is 66.2. The van der Waals surface area contributed by atoms with E-state index in [4.69, 9.17) is 32.9 Å². The smallest absolute Gasteiger partial charge is 0.0652 e. The van der Waals surface area contributed by atoms with E-state index in [0.29, 0.717) is 4.90 Å². The molecule has 0 radical (unpaired) electrons. The second-order valence-electron chi connectivity index (χ2n) is 14.5. The van der Waals surface area contributed by atoms with Crippen molar-refractivity contribution >= 4 is 49.4 Å². The van der Waals surface area contributed by atoms with Crippen LogP contribution in [0.15, 0.2) is 200 Å². The van der Waals surface area contributed by atoms with E-state index < -0.39 is 266 Å². The first-order chi connectivity index (χ1) is 44.3. The molecular formula is C60H45N. The molecule has 10 aromatic rings. The van der Waals surface area contributed by atoms with E-state index in [1.807, 2.05) is 0 Å². The van der Waals surface area contributed by atoms with Crippen LogP contribution in [0, 0.1) is 0 Å². The number of fused-ring (bicyclic) bond motifs is 10. The van der Waals surface area contributed by atoms with Crippen LogP contribution in [0.2, 0.25) is 0 Å². The van der Waals surface area contributed by atoms with E-state index in [1.165, 1.54) is 12.1 Å². The molecule has 2 aliphatic rings. The third-order valence-corrected chi connectivity index (χ3v) is 11.2. The molecule has 61 heavy (non-hydrogen) atoms. The molecule has 0 saturated heterocycles.